The van der Waals surface area contributed by atoms with Gasteiger partial charge in [-0.3, -0.25) is 4.79 Å². The second-order valence-electron chi connectivity index (χ2n) is 4.36. The van der Waals surface area contributed by atoms with Crippen molar-refractivity contribution in [3.05, 3.63) is 47.7 Å². The van der Waals surface area contributed by atoms with Gasteiger partial charge in [0.1, 0.15) is 5.70 Å². The van der Waals surface area contributed by atoms with E-state index in [-0.39, 0.29) is 23.4 Å². The zero-order chi connectivity index (χ0) is 13.1. The molecule has 2 rings (SSSR count). The molecule has 0 spiro atoms. The second-order valence-corrected chi connectivity index (χ2v) is 4.36. The van der Waals surface area contributed by atoms with E-state index in [1.165, 1.54) is 6.08 Å². The molecule has 1 aromatic rings. The predicted octanol–water partition coefficient (Wildman–Crippen LogP) is 1.89. The van der Waals surface area contributed by atoms with Crippen LogP contribution in [-0.2, 0) is 9.59 Å². The summed E-state index contributed by atoms with van der Waals surface area (Å²) in [5.41, 5.74) is 1.08. The fourth-order valence-electron chi connectivity index (χ4n) is 2.03. The number of carboxylic acids is 1. The Balaban J connectivity index is 1.96. The number of rotatable bonds is 4. The van der Waals surface area contributed by atoms with E-state index >= 15 is 0 Å². The zero-order valence-corrected chi connectivity index (χ0v) is 10.1. The fourth-order valence-corrected chi connectivity index (χ4v) is 2.03. The molecule has 4 heteroatoms. The number of amides is 1. The SMILES string of the molecule is C/C=C(\NC(=O)C1CC1c1ccccc1)C(=O)O. The van der Waals surface area contributed by atoms with Crippen LogP contribution in [0.25, 0.3) is 0 Å². The summed E-state index contributed by atoms with van der Waals surface area (Å²) in [4.78, 5) is 22.6. The van der Waals surface area contributed by atoms with Crippen LogP contribution in [0.5, 0.6) is 0 Å². The van der Waals surface area contributed by atoms with Gasteiger partial charge in [-0.25, -0.2) is 4.79 Å². The van der Waals surface area contributed by atoms with E-state index in [9.17, 15) is 9.59 Å². The largest absolute Gasteiger partial charge is 0.477 e. The van der Waals surface area contributed by atoms with Crippen LogP contribution in [0.4, 0.5) is 0 Å². The molecule has 0 bridgehead atoms. The minimum atomic E-state index is -1.11. The Kier molecular flexibility index (Phi) is 3.46. The third-order valence-electron chi connectivity index (χ3n) is 3.13. The third kappa shape index (κ3) is 2.59. The number of carboxylic acid groups (broad SMARTS) is 1. The van der Waals surface area contributed by atoms with Crippen molar-refractivity contribution in [3.63, 3.8) is 0 Å². The molecule has 1 saturated carbocycles. The number of hydrogen-bond donors (Lipinski definition) is 2. The molecule has 94 valence electrons. The van der Waals surface area contributed by atoms with Gasteiger partial charge in [-0.05, 0) is 24.8 Å². The topological polar surface area (TPSA) is 66.4 Å². The lowest BCUT2D eigenvalue weighted by Gasteiger charge is -2.05. The summed E-state index contributed by atoms with van der Waals surface area (Å²) in [5.74, 6) is -1.21. The van der Waals surface area contributed by atoms with Crippen LogP contribution in [0.15, 0.2) is 42.1 Å². The molecule has 0 heterocycles. The Bertz CT molecular complexity index is 493. The van der Waals surface area contributed by atoms with Gasteiger partial charge in [0.25, 0.3) is 0 Å². The molecule has 2 atom stereocenters. The van der Waals surface area contributed by atoms with Crippen molar-refractivity contribution < 1.29 is 14.7 Å². The van der Waals surface area contributed by atoms with Gasteiger partial charge < -0.3 is 10.4 Å². The molecule has 2 unspecified atom stereocenters. The number of nitrogens with one attached hydrogen (secondary N) is 1. The van der Waals surface area contributed by atoms with Crippen LogP contribution in [0.3, 0.4) is 0 Å². The molecule has 4 nitrogen and oxygen atoms in total. The van der Waals surface area contributed by atoms with Crippen molar-refractivity contribution in [3.8, 4) is 0 Å². The standard InChI is InChI=1S/C14H15NO3/c1-2-12(14(17)18)15-13(16)11-8-10(11)9-6-4-3-5-7-9/h2-7,10-11H,8H2,1H3,(H,15,16)(H,17,18)/b12-2-. The number of allylic oxidation sites excluding steroid dienone is 1. The first kappa shape index (κ1) is 12.4. The average molecular weight is 245 g/mol. The molecule has 2 N–H and O–H groups in total. The number of benzene rings is 1. The van der Waals surface area contributed by atoms with Gasteiger partial charge in [-0.15, -0.1) is 0 Å². The summed E-state index contributed by atoms with van der Waals surface area (Å²) in [6, 6.07) is 9.80. The summed E-state index contributed by atoms with van der Waals surface area (Å²) >= 11 is 0. The molecular formula is C14H15NO3. The van der Waals surface area contributed by atoms with E-state index in [1.54, 1.807) is 6.92 Å². The first-order valence-corrected chi connectivity index (χ1v) is 5.89. The van der Waals surface area contributed by atoms with Crippen molar-refractivity contribution in [1.29, 1.82) is 0 Å². The Hall–Kier alpha value is -2.10. The van der Waals surface area contributed by atoms with E-state index in [4.69, 9.17) is 5.11 Å². The molecule has 1 fully saturated rings. The number of aliphatic carboxylic acids is 1. The van der Waals surface area contributed by atoms with Crippen molar-refractivity contribution >= 4 is 11.9 Å². The highest BCUT2D eigenvalue weighted by atomic mass is 16.4. The summed E-state index contributed by atoms with van der Waals surface area (Å²) < 4.78 is 0. The van der Waals surface area contributed by atoms with Crippen molar-refractivity contribution in [2.45, 2.75) is 19.3 Å². The molecular weight excluding hydrogens is 230 g/mol. The highest BCUT2D eigenvalue weighted by molar-refractivity contribution is 5.94. The zero-order valence-electron chi connectivity index (χ0n) is 10.1. The highest BCUT2D eigenvalue weighted by Crippen LogP contribution is 2.47. The molecule has 1 aromatic carbocycles. The monoisotopic (exact) mass is 245 g/mol. The Morgan fingerprint density at radius 2 is 2.00 bits per heavy atom. The fraction of sp³-hybridized carbons (Fsp3) is 0.286. The smallest absolute Gasteiger partial charge is 0.352 e. The number of carbonyl (C=O) groups is 2. The molecule has 1 aliphatic rings. The molecule has 0 aromatic heterocycles. The molecule has 1 aliphatic carbocycles. The lowest BCUT2D eigenvalue weighted by Crippen LogP contribution is -2.28. The van der Waals surface area contributed by atoms with Gasteiger partial charge in [-0.1, -0.05) is 36.4 Å². The normalized spacial score (nSPS) is 22.4. The van der Waals surface area contributed by atoms with Crippen molar-refractivity contribution in [1.82, 2.24) is 5.32 Å². The van der Waals surface area contributed by atoms with E-state index < -0.39 is 5.97 Å². The summed E-state index contributed by atoms with van der Waals surface area (Å²) in [6.07, 6.45) is 2.17. The Morgan fingerprint density at radius 1 is 1.33 bits per heavy atom. The van der Waals surface area contributed by atoms with Crippen LogP contribution in [0.2, 0.25) is 0 Å². The maximum Gasteiger partial charge on any atom is 0.352 e. The van der Waals surface area contributed by atoms with Crippen LogP contribution < -0.4 is 5.32 Å². The minimum absolute atomic E-state index is 0.0567. The maximum atomic E-state index is 11.8. The van der Waals surface area contributed by atoms with Gasteiger partial charge in [0.2, 0.25) is 5.91 Å². The summed E-state index contributed by atoms with van der Waals surface area (Å²) in [6.45, 7) is 1.59. The summed E-state index contributed by atoms with van der Waals surface area (Å²) in [7, 11) is 0. The van der Waals surface area contributed by atoms with Crippen LogP contribution in [0, 0.1) is 5.92 Å². The maximum absolute atomic E-state index is 11.8. The number of hydrogen-bond acceptors (Lipinski definition) is 2. The van der Waals surface area contributed by atoms with Crippen LogP contribution >= 0.6 is 0 Å². The van der Waals surface area contributed by atoms with E-state index in [0.717, 1.165) is 12.0 Å². The van der Waals surface area contributed by atoms with Crippen molar-refractivity contribution in [2.24, 2.45) is 5.92 Å². The molecule has 0 saturated heterocycles. The summed E-state index contributed by atoms with van der Waals surface area (Å²) in [5, 5.41) is 11.3. The lowest BCUT2D eigenvalue weighted by atomic mass is 10.1. The van der Waals surface area contributed by atoms with Crippen LogP contribution in [0.1, 0.15) is 24.8 Å². The lowest BCUT2D eigenvalue weighted by molar-refractivity contribution is -0.134. The van der Waals surface area contributed by atoms with E-state index in [1.807, 2.05) is 30.3 Å². The number of carbonyl (C=O) groups excluding carboxylic acids is 1. The Labute approximate surface area is 105 Å². The first-order chi connectivity index (χ1) is 8.63. The Morgan fingerprint density at radius 3 is 2.56 bits per heavy atom. The van der Waals surface area contributed by atoms with Gasteiger partial charge in [0.15, 0.2) is 0 Å². The van der Waals surface area contributed by atoms with E-state index in [0.29, 0.717) is 0 Å². The first-order valence-electron chi connectivity index (χ1n) is 5.89. The van der Waals surface area contributed by atoms with Gasteiger partial charge in [0, 0.05) is 5.92 Å². The molecule has 0 aliphatic heterocycles. The third-order valence-corrected chi connectivity index (χ3v) is 3.13. The minimum Gasteiger partial charge on any atom is -0.477 e. The molecule has 1 amide bonds. The predicted molar refractivity (Wildman–Crippen MR) is 66.8 cm³/mol. The van der Waals surface area contributed by atoms with Crippen LogP contribution in [-0.4, -0.2) is 17.0 Å². The highest BCUT2D eigenvalue weighted by Gasteiger charge is 2.44. The molecule has 18 heavy (non-hydrogen) atoms. The van der Waals surface area contributed by atoms with Gasteiger partial charge in [-0.2, -0.15) is 0 Å². The second kappa shape index (κ2) is 5.04. The van der Waals surface area contributed by atoms with Gasteiger partial charge >= 0.3 is 5.97 Å². The molecule has 0 radical (unpaired) electrons. The van der Waals surface area contributed by atoms with Crippen molar-refractivity contribution in [2.75, 3.05) is 0 Å². The van der Waals surface area contributed by atoms with E-state index in [2.05, 4.69) is 5.32 Å². The quantitative estimate of drug-likeness (QED) is 0.796. The van der Waals surface area contributed by atoms with Gasteiger partial charge in [0.05, 0.1) is 0 Å². The average Bonchev–Trinajstić information content (AvgIpc) is 3.16.